The van der Waals surface area contributed by atoms with Crippen LogP contribution < -0.4 is 16.0 Å². The van der Waals surface area contributed by atoms with Gasteiger partial charge in [-0.15, -0.1) is 22.7 Å². The van der Waals surface area contributed by atoms with Gasteiger partial charge in [-0.05, 0) is 92.1 Å². The number of para-hydroxylation sites is 2. The Balaban J connectivity index is 0.000000151. The van der Waals surface area contributed by atoms with E-state index in [1.807, 2.05) is 61.5 Å². The maximum Gasteiger partial charge on any atom is 0.346 e. The lowest BCUT2D eigenvalue weighted by Crippen LogP contribution is -3.11. The van der Waals surface area contributed by atoms with E-state index >= 15 is 0 Å². The van der Waals surface area contributed by atoms with Gasteiger partial charge >= 0.3 is 5.63 Å². The molecular weight excluding hydrogens is 767 g/mol. The first-order valence-electron chi connectivity index (χ1n) is 20.5. The first kappa shape index (κ1) is 38.2. The van der Waals surface area contributed by atoms with Crippen LogP contribution in [-0.4, -0.2) is 33.3 Å². The van der Waals surface area contributed by atoms with Gasteiger partial charge in [0.1, 0.15) is 39.9 Å². The standard InChI is InChI=1S/C25H25NO3S.C22H20N2O3S/c1-2-16-13-18-23(28)19(25-26-20-10-6-7-11-21(20)30-25)14-29-24(18)17(22(16)27)12-15-8-4-3-5-9-15;25-18-9-8-14-12-15(21-23-17-6-2-3-7-19(17)28-21)22(26)27-20(14)16(18)13-24-10-4-1-5-11-24/h6-7,10-11,13-15,27H,2-5,8-9,12H2,1H3;2-3,6-9,12,25H,1,4-5,10-11,13H2/p+1. The SMILES string of the molecule is CCc1cc2c(=O)c(-c3nc4ccccc4s3)coc2c(CC2CCCCC2)c1O.O=c1oc2c(C[NH+]3CCCCC3)c(O)ccc2cc1-c1nc2ccccc2s1. The fourth-order valence-corrected chi connectivity index (χ4v) is 10.6. The largest absolute Gasteiger partial charge is 0.507 e. The molecule has 2 aliphatic rings. The number of quaternary nitrogens is 1. The van der Waals surface area contributed by atoms with Crippen LogP contribution in [0.4, 0.5) is 0 Å². The number of rotatable bonds is 7. The summed E-state index contributed by atoms with van der Waals surface area (Å²) in [5.74, 6) is 1.03. The van der Waals surface area contributed by atoms with Crippen molar-refractivity contribution in [3.05, 3.63) is 116 Å². The summed E-state index contributed by atoms with van der Waals surface area (Å²) in [4.78, 5) is 36.9. The minimum absolute atomic E-state index is 0.0742. The van der Waals surface area contributed by atoms with Crippen LogP contribution in [0.5, 0.6) is 11.5 Å². The number of aromatic hydroxyl groups is 2. The second kappa shape index (κ2) is 16.5. The molecule has 0 radical (unpaired) electrons. The van der Waals surface area contributed by atoms with E-state index < -0.39 is 5.63 Å². The summed E-state index contributed by atoms with van der Waals surface area (Å²) in [6, 6.07) is 22.9. The van der Waals surface area contributed by atoms with Crippen LogP contribution in [0.1, 0.15) is 75.0 Å². The lowest BCUT2D eigenvalue weighted by atomic mass is 9.83. The summed E-state index contributed by atoms with van der Waals surface area (Å²) in [6.45, 7) is 4.85. The van der Waals surface area contributed by atoms with Crippen LogP contribution in [0, 0.1) is 5.92 Å². The molecule has 4 aromatic carbocycles. The zero-order valence-electron chi connectivity index (χ0n) is 32.5. The Labute approximate surface area is 343 Å². The monoisotopic (exact) mass is 812 g/mol. The van der Waals surface area contributed by atoms with Crippen molar-refractivity contribution < 1.29 is 23.9 Å². The van der Waals surface area contributed by atoms with Crippen molar-refractivity contribution >= 4 is 65.0 Å². The molecule has 296 valence electrons. The summed E-state index contributed by atoms with van der Waals surface area (Å²) >= 11 is 2.98. The van der Waals surface area contributed by atoms with Crippen molar-refractivity contribution in [2.24, 2.45) is 5.92 Å². The third-order valence-electron chi connectivity index (χ3n) is 11.8. The molecule has 3 N–H and O–H groups in total. The number of nitrogens with zero attached hydrogens (tertiary/aromatic N) is 2. The average molecular weight is 813 g/mol. The minimum Gasteiger partial charge on any atom is -0.507 e. The quantitative estimate of drug-likeness (QED) is 0.136. The smallest absolute Gasteiger partial charge is 0.346 e. The number of benzene rings is 4. The number of hydrogen-bond donors (Lipinski definition) is 3. The van der Waals surface area contributed by atoms with E-state index in [-0.39, 0.29) is 11.2 Å². The van der Waals surface area contributed by atoms with E-state index in [4.69, 9.17) is 8.83 Å². The summed E-state index contributed by atoms with van der Waals surface area (Å²) in [6.07, 6.45) is 12.7. The number of phenols is 2. The lowest BCUT2D eigenvalue weighted by Gasteiger charge is -2.24. The first-order valence-corrected chi connectivity index (χ1v) is 22.1. The molecule has 1 aliphatic carbocycles. The van der Waals surface area contributed by atoms with Crippen molar-refractivity contribution in [2.45, 2.75) is 77.7 Å². The number of likely N-dealkylation sites (tertiary alicyclic amines) is 1. The van der Waals surface area contributed by atoms with E-state index in [1.165, 1.54) is 85.2 Å². The van der Waals surface area contributed by atoms with Crippen LogP contribution in [-0.2, 0) is 19.4 Å². The summed E-state index contributed by atoms with van der Waals surface area (Å²) in [5.41, 5.74) is 5.58. The Morgan fingerprint density at radius 1 is 0.759 bits per heavy atom. The van der Waals surface area contributed by atoms with E-state index in [0.29, 0.717) is 62.3 Å². The van der Waals surface area contributed by atoms with E-state index in [2.05, 4.69) is 9.97 Å². The van der Waals surface area contributed by atoms with Gasteiger partial charge in [-0.25, -0.2) is 14.8 Å². The fraction of sp³-hybridized carbons (Fsp3) is 0.319. The van der Waals surface area contributed by atoms with E-state index in [9.17, 15) is 19.8 Å². The maximum atomic E-state index is 13.5. The number of aromatic nitrogens is 2. The van der Waals surface area contributed by atoms with Crippen LogP contribution in [0.2, 0.25) is 0 Å². The van der Waals surface area contributed by atoms with Crippen LogP contribution >= 0.6 is 22.7 Å². The van der Waals surface area contributed by atoms with Gasteiger partial charge in [0.2, 0.25) is 5.43 Å². The molecule has 0 bridgehead atoms. The van der Waals surface area contributed by atoms with Gasteiger partial charge in [0.15, 0.2) is 5.58 Å². The fourth-order valence-electron chi connectivity index (χ4n) is 8.68. The molecule has 5 heterocycles. The summed E-state index contributed by atoms with van der Waals surface area (Å²) in [7, 11) is 0. The van der Waals surface area contributed by atoms with E-state index in [0.717, 1.165) is 62.0 Å². The molecule has 58 heavy (non-hydrogen) atoms. The molecule has 0 atom stereocenters. The second-order valence-electron chi connectivity index (χ2n) is 15.7. The Kier molecular flexibility index (Phi) is 10.8. The van der Waals surface area contributed by atoms with Crippen LogP contribution in [0.25, 0.3) is 63.5 Å². The number of piperidine rings is 1. The highest BCUT2D eigenvalue weighted by Gasteiger charge is 2.24. The zero-order chi connectivity index (χ0) is 39.8. The second-order valence-corrected chi connectivity index (χ2v) is 17.7. The number of aryl methyl sites for hydroxylation is 1. The average Bonchev–Trinajstić information content (AvgIpc) is 3.89. The normalized spacial score (nSPS) is 15.3. The van der Waals surface area contributed by atoms with E-state index in [1.54, 1.807) is 18.2 Å². The molecular formula is C47H46N3O6S2+. The third-order valence-corrected chi connectivity index (χ3v) is 14.0. The molecule has 0 spiro atoms. The van der Waals surface area contributed by atoms with Gasteiger partial charge in [0.05, 0.1) is 55.6 Å². The molecule has 10 rings (SSSR count). The Morgan fingerprint density at radius 2 is 1.41 bits per heavy atom. The highest BCUT2D eigenvalue weighted by Crippen LogP contribution is 2.38. The van der Waals surface area contributed by atoms with Crippen molar-refractivity contribution in [3.63, 3.8) is 0 Å². The van der Waals surface area contributed by atoms with Gasteiger partial charge in [0.25, 0.3) is 0 Å². The third kappa shape index (κ3) is 7.54. The van der Waals surface area contributed by atoms with Crippen molar-refractivity contribution in [1.82, 2.24) is 9.97 Å². The highest BCUT2D eigenvalue weighted by atomic mass is 32.1. The van der Waals surface area contributed by atoms with Crippen LogP contribution in [0.3, 0.4) is 0 Å². The van der Waals surface area contributed by atoms with Gasteiger partial charge in [-0.2, -0.15) is 0 Å². The number of thiazole rings is 2. The molecule has 9 nitrogen and oxygen atoms in total. The van der Waals surface area contributed by atoms with Gasteiger partial charge in [0, 0.05) is 10.9 Å². The zero-order valence-corrected chi connectivity index (χ0v) is 34.1. The molecule has 4 aromatic heterocycles. The molecule has 11 heteroatoms. The Hall–Kier alpha value is -5.36. The van der Waals surface area contributed by atoms with Gasteiger partial charge < -0.3 is 23.9 Å². The number of fused-ring (bicyclic) bond motifs is 4. The first-order chi connectivity index (χ1) is 28.3. The molecule has 1 saturated heterocycles. The molecule has 0 unspecified atom stereocenters. The molecule has 2 fully saturated rings. The maximum absolute atomic E-state index is 13.5. The number of hydrogen-bond acceptors (Lipinski definition) is 10. The minimum atomic E-state index is -0.410. The molecule has 1 aliphatic heterocycles. The lowest BCUT2D eigenvalue weighted by molar-refractivity contribution is -0.918. The van der Waals surface area contributed by atoms with Crippen molar-refractivity contribution in [3.8, 4) is 32.6 Å². The molecule has 0 amide bonds. The van der Waals surface area contributed by atoms with Gasteiger partial charge in [-0.3, -0.25) is 4.79 Å². The topological polar surface area (TPSA) is 131 Å². The Morgan fingerprint density at radius 3 is 2.09 bits per heavy atom. The van der Waals surface area contributed by atoms with Crippen molar-refractivity contribution in [1.29, 1.82) is 0 Å². The Bertz CT molecular complexity index is 2830. The molecule has 1 saturated carbocycles. The predicted molar refractivity (Wildman–Crippen MR) is 233 cm³/mol. The number of phenolic OH excluding ortho intramolecular Hbond substituents is 2. The molecule has 8 aromatic rings. The highest BCUT2D eigenvalue weighted by molar-refractivity contribution is 7.22. The number of nitrogens with one attached hydrogen (secondary N) is 1. The van der Waals surface area contributed by atoms with Crippen molar-refractivity contribution in [2.75, 3.05) is 13.1 Å². The summed E-state index contributed by atoms with van der Waals surface area (Å²) in [5, 5.41) is 24.0. The summed E-state index contributed by atoms with van der Waals surface area (Å²) < 4.78 is 13.9. The van der Waals surface area contributed by atoms with Crippen LogP contribution in [0.15, 0.2) is 97.5 Å². The van der Waals surface area contributed by atoms with Gasteiger partial charge in [-0.1, -0.05) is 63.3 Å². The predicted octanol–water partition coefficient (Wildman–Crippen LogP) is 9.80.